The lowest BCUT2D eigenvalue weighted by Gasteiger charge is -2.21. The third kappa shape index (κ3) is 5.56. The second-order valence-electron chi connectivity index (χ2n) is 6.28. The molecule has 1 atom stereocenters. The Hall–Kier alpha value is -2.08. The molecular weight excluding hydrogens is 310 g/mol. The Morgan fingerprint density at radius 2 is 2.09 bits per heavy atom. The first-order valence-corrected chi connectivity index (χ1v) is 8.43. The van der Waals surface area contributed by atoms with Crippen LogP contribution in [0.15, 0.2) is 36.0 Å². The van der Waals surface area contributed by atoms with Gasteiger partial charge in [0.15, 0.2) is 0 Å². The van der Waals surface area contributed by atoms with Gasteiger partial charge in [-0.05, 0) is 39.3 Å². The van der Waals surface area contributed by atoms with Crippen molar-refractivity contribution in [1.82, 2.24) is 10.3 Å². The molecule has 0 aliphatic rings. The largest absolute Gasteiger partial charge is 0.444 e. The molecule has 23 heavy (non-hydrogen) atoms. The number of ether oxygens (including phenoxy) is 1. The molecule has 2 rings (SSSR count). The fourth-order valence-electron chi connectivity index (χ4n) is 2.04. The number of rotatable bonds is 5. The van der Waals surface area contributed by atoms with Gasteiger partial charge in [0.2, 0.25) is 0 Å². The first-order chi connectivity index (χ1) is 10.8. The van der Waals surface area contributed by atoms with Crippen molar-refractivity contribution in [1.29, 1.82) is 0 Å². The number of benzene rings is 1. The minimum atomic E-state index is -0.497. The van der Waals surface area contributed by atoms with Gasteiger partial charge in [-0.25, -0.2) is 4.79 Å². The standard InChI is InChI=1S/C17H23N3O2S/c1-12(15-10-18-11-23-15)20-14-8-6-5-7-13(14)9-19-16(21)22-17(2,3)4/h5-8,10-12,20H,9H2,1-4H3,(H,19,21). The van der Waals surface area contributed by atoms with Gasteiger partial charge in [-0.3, -0.25) is 4.98 Å². The topological polar surface area (TPSA) is 63.2 Å². The van der Waals surface area contributed by atoms with Gasteiger partial charge in [-0.2, -0.15) is 0 Å². The summed E-state index contributed by atoms with van der Waals surface area (Å²) in [7, 11) is 0. The van der Waals surface area contributed by atoms with Crippen LogP contribution in [-0.2, 0) is 11.3 Å². The molecule has 2 N–H and O–H groups in total. The van der Waals surface area contributed by atoms with Crippen molar-refractivity contribution < 1.29 is 9.53 Å². The van der Waals surface area contributed by atoms with Crippen LogP contribution in [0.25, 0.3) is 0 Å². The van der Waals surface area contributed by atoms with Gasteiger partial charge in [0.25, 0.3) is 0 Å². The number of hydrogen-bond acceptors (Lipinski definition) is 5. The van der Waals surface area contributed by atoms with E-state index in [0.717, 1.165) is 11.3 Å². The van der Waals surface area contributed by atoms with Gasteiger partial charge in [0, 0.05) is 23.3 Å². The van der Waals surface area contributed by atoms with Crippen LogP contribution in [0.4, 0.5) is 10.5 Å². The number of alkyl carbamates (subject to hydrolysis) is 1. The van der Waals surface area contributed by atoms with Gasteiger partial charge < -0.3 is 15.4 Å². The van der Waals surface area contributed by atoms with Crippen LogP contribution in [-0.4, -0.2) is 16.7 Å². The molecule has 2 aromatic rings. The number of para-hydroxylation sites is 1. The molecule has 124 valence electrons. The molecule has 0 bridgehead atoms. The molecule has 0 aliphatic carbocycles. The highest BCUT2D eigenvalue weighted by atomic mass is 32.1. The quantitative estimate of drug-likeness (QED) is 0.854. The van der Waals surface area contributed by atoms with E-state index in [1.165, 1.54) is 4.88 Å². The van der Waals surface area contributed by atoms with E-state index in [1.807, 2.05) is 56.7 Å². The molecule has 0 saturated heterocycles. The van der Waals surface area contributed by atoms with Crippen LogP contribution in [0.3, 0.4) is 0 Å². The van der Waals surface area contributed by atoms with Crippen LogP contribution in [0.2, 0.25) is 0 Å². The van der Waals surface area contributed by atoms with E-state index in [-0.39, 0.29) is 6.04 Å². The zero-order valence-corrected chi connectivity index (χ0v) is 14.7. The third-order valence-electron chi connectivity index (χ3n) is 3.09. The van der Waals surface area contributed by atoms with E-state index in [4.69, 9.17) is 4.74 Å². The molecule has 0 aliphatic heterocycles. The number of aromatic nitrogens is 1. The van der Waals surface area contributed by atoms with Gasteiger partial charge in [-0.1, -0.05) is 18.2 Å². The van der Waals surface area contributed by atoms with E-state index in [0.29, 0.717) is 6.54 Å². The molecule has 1 aromatic heterocycles. The minimum Gasteiger partial charge on any atom is -0.444 e. The second-order valence-corrected chi connectivity index (χ2v) is 7.20. The molecule has 5 nitrogen and oxygen atoms in total. The molecule has 6 heteroatoms. The number of carbonyl (C=O) groups is 1. The Bertz CT molecular complexity index is 636. The Kier molecular flexibility index (Phi) is 5.60. The summed E-state index contributed by atoms with van der Waals surface area (Å²) in [5.41, 5.74) is 3.32. The van der Waals surface area contributed by atoms with Gasteiger partial charge in [0.05, 0.1) is 11.6 Å². The number of nitrogens with one attached hydrogen (secondary N) is 2. The van der Waals surface area contributed by atoms with Crippen LogP contribution in [0.1, 0.15) is 44.2 Å². The van der Waals surface area contributed by atoms with Gasteiger partial charge in [0.1, 0.15) is 5.60 Å². The molecule has 0 fully saturated rings. The number of nitrogens with zero attached hydrogens (tertiary/aromatic N) is 1. The highest BCUT2D eigenvalue weighted by Gasteiger charge is 2.16. The Morgan fingerprint density at radius 3 is 2.74 bits per heavy atom. The predicted molar refractivity (Wildman–Crippen MR) is 93.7 cm³/mol. The van der Waals surface area contributed by atoms with Gasteiger partial charge >= 0.3 is 6.09 Å². The molecule has 1 unspecified atom stereocenters. The number of amides is 1. The number of anilines is 1. The summed E-state index contributed by atoms with van der Waals surface area (Å²) in [5, 5.41) is 6.26. The lowest BCUT2D eigenvalue weighted by Crippen LogP contribution is -2.32. The summed E-state index contributed by atoms with van der Waals surface area (Å²) in [6, 6.07) is 8.07. The zero-order chi connectivity index (χ0) is 16.9. The summed E-state index contributed by atoms with van der Waals surface area (Å²) in [6.07, 6.45) is 1.45. The van der Waals surface area contributed by atoms with Crippen LogP contribution in [0, 0.1) is 0 Å². The minimum absolute atomic E-state index is 0.158. The Morgan fingerprint density at radius 1 is 1.35 bits per heavy atom. The van der Waals surface area contributed by atoms with Crippen molar-refractivity contribution in [3.8, 4) is 0 Å². The Balaban J connectivity index is 1.99. The maximum Gasteiger partial charge on any atom is 0.407 e. The molecule has 1 aromatic carbocycles. The van der Waals surface area contributed by atoms with E-state index in [9.17, 15) is 4.79 Å². The van der Waals surface area contributed by atoms with Crippen molar-refractivity contribution in [3.05, 3.63) is 46.4 Å². The lowest BCUT2D eigenvalue weighted by atomic mass is 10.1. The van der Waals surface area contributed by atoms with E-state index in [1.54, 1.807) is 11.3 Å². The van der Waals surface area contributed by atoms with E-state index < -0.39 is 11.7 Å². The third-order valence-corrected chi connectivity index (χ3v) is 4.05. The van der Waals surface area contributed by atoms with E-state index >= 15 is 0 Å². The first kappa shape index (κ1) is 17.3. The molecule has 0 saturated carbocycles. The van der Waals surface area contributed by atoms with Crippen LogP contribution in [0.5, 0.6) is 0 Å². The zero-order valence-electron chi connectivity index (χ0n) is 13.9. The summed E-state index contributed by atoms with van der Waals surface area (Å²) in [4.78, 5) is 17.1. The summed E-state index contributed by atoms with van der Waals surface area (Å²) in [6.45, 7) is 8.04. The fraction of sp³-hybridized carbons (Fsp3) is 0.412. The second kappa shape index (κ2) is 7.46. The van der Waals surface area contributed by atoms with Crippen molar-refractivity contribution in [2.45, 2.75) is 45.9 Å². The number of carbonyl (C=O) groups excluding carboxylic acids is 1. The molecule has 0 spiro atoms. The van der Waals surface area contributed by atoms with Crippen LogP contribution < -0.4 is 10.6 Å². The van der Waals surface area contributed by atoms with Gasteiger partial charge in [-0.15, -0.1) is 11.3 Å². The maximum atomic E-state index is 11.8. The highest BCUT2D eigenvalue weighted by molar-refractivity contribution is 7.09. The van der Waals surface area contributed by atoms with Crippen molar-refractivity contribution in [2.75, 3.05) is 5.32 Å². The van der Waals surface area contributed by atoms with Crippen molar-refractivity contribution >= 4 is 23.1 Å². The first-order valence-electron chi connectivity index (χ1n) is 7.55. The van der Waals surface area contributed by atoms with Crippen LogP contribution >= 0.6 is 11.3 Å². The Labute approximate surface area is 141 Å². The maximum absolute atomic E-state index is 11.8. The summed E-state index contributed by atoms with van der Waals surface area (Å²) in [5.74, 6) is 0. The summed E-state index contributed by atoms with van der Waals surface area (Å²) >= 11 is 1.62. The summed E-state index contributed by atoms with van der Waals surface area (Å²) < 4.78 is 5.26. The normalized spacial score (nSPS) is 12.5. The SMILES string of the molecule is CC(Nc1ccccc1CNC(=O)OC(C)(C)C)c1cncs1. The molecule has 0 radical (unpaired) electrons. The average molecular weight is 333 g/mol. The number of thiazole rings is 1. The average Bonchev–Trinajstić information content (AvgIpc) is 2.99. The van der Waals surface area contributed by atoms with E-state index in [2.05, 4.69) is 22.5 Å². The van der Waals surface area contributed by atoms with Crippen molar-refractivity contribution in [3.63, 3.8) is 0 Å². The lowest BCUT2D eigenvalue weighted by molar-refractivity contribution is 0.0523. The monoisotopic (exact) mass is 333 g/mol. The molecule has 1 heterocycles. The fourth-order valence-corrected chi connectivity index (χ4v) is 2.67. The number of hydrogen-bond donors (Lipinski definition) is 2. The predicted octanol–water partition coefficient (Wildman–Crippen LogP) is 4.34. The smallest absolute Gasteiger partial charge is 0.407 e. The molecule has 1 amide bonds. The van der Waals surface area contributed by atoms with Crippen molar-refractivity contribution in [2.24, 2.45) is 0 Å². The molecular formula is C17H23N3O2S. The highest BCUT2D eigenvalue weighted by Crippen LogP contribution is 2.24.